The molecule has 1 fully saturated rings. The molecule has 1 atom stereocenters. The number of para-hydroxylation sites is 1. The summed E-state index contributed by atoms with van der Waals surface area (Å²) < 4.78 is 6.69. The van der Waals surface area contributed by atoms with Crippen molar-refractivity contribution in [3.05, 3.63) is 60.2 Å². The van der Waals surface area contributed by atoms with Gasteiger partial charge in [-0.25, -0.2) is 4.98 Å². The molecule has 1 aliphatic heterocycles. The van der Waals surface area contributed by atoms with Crippen molar-refractivity contribution in [1.82, 2.24) is 9.88 Å². The lowest BCUT2D eigenvalue weighted by molar-refractivity contribution is 0.0361. The molecular formula is C19H21N3OS. The molecule has 0 radical (unpaired) electrons. The first-order chi connectivity index (χ1) is 11.9. The number of nitrogens with one attached hydrogen (secondary N) is 1. The van der Waals surface area contributed by atoms with Gasteiger partial charge in [0.1, 0.15) is 0 Å². The molecule has 2 aromatic carbocycles. The zero-order chi connectivity index (χ0) is 16.2. The van der Waals surface area contributed by atoms with Gasteiger partial charge in [0.2, 0.25) is 0 Å². The lowest BCUT2D eigenvalue weighted by atomic mass is 10.1. The van der Waals surface area contributed by atoms with Crippen LogP contribution in [0.4, 0.5) is 5.13 Å². The first kappa shape index (κ1) is 15.6. The third-order valence-corrected chi connectivity index (χ3v) is 5.31. The molecule has 4 rings (SSSR count). The largest absolute Gasteiger partial charge is 0.379 e. The maximum Gasteiger partial charge on any atom is 0.184 e. The second-order valence-corrected chi connectivity index (χ2v) is 7.04. The van der Waals surface area contributed by atoms with Gasteiger partial charge in [0.15, 0.2) is 5.13 Å². The number of fused-ring (bicyclic) bond motifs is 1. The van der Waals surface area contributed by atoms with Crippen LogP contribution in [-0.2, 0) is 4.74 Å². The van der Waals surface area contributed by atoms with Gasteiger partial charge < -0.3 is 10.1 Å². The van der Waals surface area contributed by atoms with Gasteiger partial charge in [0.05, 0.1) is 29.5 Å². The number of aromatic nitrogens is 1. The van der Waals surface area contributed by atoms with Crippen LogP contribution >= 0.6 is 11.3 Å². The van der Waals surface area contributed by atoms with E-state index in [1.807, 2.05) is 6.07 Å². The van der Waals surface area contributed by atoms with Crippen LogP contribution in [0.25, 0.3) is 10.2 Å². The van der Waals surface area contributed by atoms with E-state index in [1.165, 1.54) is 10.3 Å². The third-order valence-electron chi connectivity index (χ3n) is 4.34. The lowest BCUT2D eigenvalue weighted by Gasteiger charge is -2.31. The molecule has 0 saturated carbocycles. The molecule has 4 nitrogen and oxygen atoms in total. The monoisotopic (exact) mass is 339 g/mol. The van der Waals surface area contributed by atoms with Crippen LogP contribution in [0.5, 0.6) is 0 Å². The number of rotatable bonds is 5. The fourth-order valence-electron chi connectivity index (χ4n) is 3.04. The van der Waals surface area contributed by atoms with Gasteiger partial charge >= 0.3 is 0 Å². The van der Waals surface area contributed by atoms with Gasteiger partial charge in [-0.15, -0.1) is 0 Å². The lowest BCUT2D eigenvalue weighted by Crippen LogP contribution is -2.40. The van der Waals surface area contributed by atoms with Crippen LogP contribution in [0, 0.1) is 0 Å². The Morgan fingerprint density at radius 3 is 2.58 bits per heavy atom. The smallest absolute Gasteiger partial charge is 0.184 e. The molecule has 3 aromatic rings. The maximum atomic E-state index is 5.47. The molecule has 1 unspecified atom stereocenters. The Morgan fingerprint density at radius 2 is 1.79 bits per heavy atom. The van der Waals surface area contributed by atoms with E-state index in [2.05, 4.69) is 58.7 Å². The number of morpholine rings is 1. The second-order valence-electron chi connectivity index (χ2n) is 6.01. The Kier molecular flexibility index (Phi) is 4.74. The van der Waals surface area contributed by atoms with Crippen LogP contribution < -0.4 is 5.32 Å². The highest BCUT2D eigenvalue weighted by atomic mass is 32.1. The van der Waals surface area contributed by atoms with Crippen LogP contribution in [0.15, 0.2) is 54.6 Å². The van der Waals surface area contributed by atoms with Crippen molar-refractivity contribution in [2.45, 2.75) is 6.04 Å². The van der Waals surface area contributed by atoms with Crippen molar-refractivity contribution in [2.75, 3.05) is 38.2 Å². The zero-order valence-electron chi connectivity index (χ0n) is 13.5. The van der Waals surface area contributed by atoms with Gasteiger partial charge in [-0.3, -0.25) is 4.90 Å². The van der Waals surface area contributed by atoms with Crippen molar-refractivity contribution in [3.63, 3.8) is 0 Å². The van der Waals surface area contributed by atoms with Gasteiger partial charge in [-0.05, 0) is 17.7 Å². The number of benzene rings is 2. The van der Waals surface area contributed by atoms with Gasteiger partial charge in [0.25, 0.3) is 0 Å². The highest BCUT2D eigenvalue weighted by molar-refractivity contribution is 7.22. The Balaban J connectivity index is 1.57. The van der Waals surface area contributed by atoms with E-state index in [0.29, 0.717) is 0 Å². The van der Waals surface area contributed by atoms with Crippen LogP contribution in [0.2, 0.25) is 0 Å². The number of hydrogen-bond donors (Lipinski definition) is 1. The van der Waals surface area contributed by atoms with Crippen molar-refractivity contribution < 1.29 is 4.74 Å². The summed E-state index contributed by atoms with van der Waals surface area (Å²) in [7, 11) is 0. The number of ether oxygens (including phenoxy) is 1. The van der Waals surface area contributed by atoms with Crippen LogP contribution in [-0.4, -0.2) is 42.7 Å². The quantitative estimate of drug-likeness (QED) is 0.767. The molecule has 1 N–H and O–H groups in total. The maximum absolute atomic E-state index is 5.47. The summed E-state index contributed by atoms with van der Waals surface area (Å²) in [6.45, 7) is 4.59. The summed E-state index contributed by atoms with van der Waals surface area (Å²) in [5, 5.41) is 4.64. The molecule has 0 amide bonds. The minimum atomic E-state index is 0.227. The highest BCUT2D eigenvalue weighted by Gasteiger charge is 2.19. The number of anilines is 1. The van der Waals surface area contributed by atoms with E-state index in [-0.39, 0.29) is 6.04 Å². The molecular weight excluding hydrogens is 318 g/mol. The van der Waals surface area contributed by atoms with E-state index in [0.717, 1.165) is 43.5 Å². The van der Waals surface area contributed by atoms with E-state index < -0.39 is 0 Å². The summed E-state index contributed by atoms with van der Waals surface area (Å²) in [4.78, 5) is 7.20. The Morgan fingerprint density at radius 1 is 1.04 bits per heavy atom. The normalized spacial score (nSPS) is 17.0. The molecule has 5 heteroatoms. The Labute approximate surface area is 146 Å². The molecule has 0 spiro atoms. The first-order valence-corrected chi connectivity index (χ1v) is 9.17. The molecule has 1 aromatic heterocycles. The van der Waals surface area contributed by atoms with Crippen molar-refractivity contribution in [3.8, 4) is 0 Å². The summed E-state index contributed by atoms with van der Waals surface area (Å²) in [6.07, 6.45) is 0. The first-order valence-electron chi connectivity index (χ1n) is 8.36. The highest BCUT2D eigenvalue weighted by Crippen LogP contribution is 2.29. The number of nitrogens with zero attached hydrogens (tertiary/aromatic N) is 2. The molecule has 0 bridgehead atoms. The predicted octanol–water partition coefficient (Wildman–Crippen LogP) is 3.78. The van der Waals surface area contributed by atoms with Gasteiger partial charge in [0, 0.05) is 19.6 Å². The summed E-state index contributed by atoms with van der Waals surface area (Å²) in [5.74, 6) is 0. The minimum absolute atomic E-state index is 0.227. The van der Waals surface area contributed by atoms with Crippen LogP contribution in [0.3, 0.4) is 0 Å². The number of thiazole rings is 1. The van der Waals surface area contributed by atoms with Gasteiger partial charge in [-0.1, -0.05) is 53.8 Å². The van der Waals surface area contributed by atoms with E-state index in [1.54, 1.807) is 11.3 Å². The average molecular weight is 339 g/mol. The zero-order valence-corrected chi connectivity index (χ0v) is 14.3. The molecule has 24 heavy (non-hydrogen) atoms. The van der Waals surface area contributed by atoms with E-state index in [4.69, 9.17) is 9.72 Å². The molecule has 1 aliphatic rings. The Bertz CT molecular complexity index is 750. The van der Waals surface area contributed by atoms with E-state index >= 15 is 0 Å². The molecule has 2 heterocycles. The third kappa shape index (κ3) is 3.59. The molecule has 0 aliphatic carbocycles. The Hall–Kier alpha value is -1.95. The van der Waals surface area contributed by atoms with Crippen molar-refractivity contribution >= 4 is 26.7 Å². The second kappa shape index (κ2) is 7.30. The SMILES string of the molecule is c1ccc(C(CN2CCOCC2)Nc2nc3ccccc3s2)cc1. The number of hydrogen-bond acceptors (Lipinski definition) is 5. The fourth-order valence-corrected chi connectivity index (χ4v) is 3.96. The summed E-state index contributed by atoms with van der Waals surface area (Å²) >= 11 is 1.72. The van der Waals surface area contributed by atoms with Crippen molar-refractivity contribution in [2.24, 2.45) is 0 Å². The van der Waals surface area contributed by atoms with Gasteiger partial charge in [-0.2, -0.15) is 0 Å². The molecule has 124 valence electrons. The summed E-state index contributed by atoms with van der Waals surface area (Å²) in [5.41, 5.74) is 2.35. The average Bonchev–Trinajstić information content (AvgIpc) is 3.05. The topological polar surface area (TPSA) is 37.4 Å². The molecule has 1 saturated heterocycles. The standard InChI is InChI=1S/C19H21N3OS/c1-2-6-15(7-3-1)17(14-22-10-12-23-13-11-22)21-19-20-16-8-4-5-9-18(16)24-19/h1-9,17H,10-14H2,(H,20,21). The predicted molar refractivity (Wildman–Crippen MR) is 99.7 cm³/mol. The summed E-state index contributed by atoms with van der Waals surface area (Å²) in [6, 6.07) is 19.1. The minimum Gasteiger partial charge on any atom is -0.379 e. The fraction of sp³-hybridized carbons (Fsp3) is 0.316. The van der Waals surface area contributed by atoms with E-state index in [9.17, 15) is 0 Å². The van der Waals surface area contributed by atoms with Crippen molar-refractivity contribution in [1.29, 1.82) is 0 Å². The van der Waals surface area contributed by atoms with Crippen LogP contribution in [0.1, 0.15) is 11.6 Å².